The summed E-state index contributed by atoms with van der Waals surface area (Å²) in [6.45, 7) is 5.84. The number of hydrogen-bond acceptors (Lipinski definition) is 3. The summed E-state index contributed by atoms with van der Waals surface area (Å²) in [7, 11) is 0. The molecule has 0 aromatic carbocycles. The van der Waals surface area contributed by atoms with Crippen LogP contribution in [0.25, 0.3) is 0 Å². The molecule has 0 unspecified atom stereocenters. The van der Waals surface area contributed by atoms with Crippen molar-refractivity contribution in [3.05, 3.63) is 0 Å². The van der Waals surface area contributed by atoms with Crippen molar-refractivity contribution in [2.75, 3.05) is 32.7 Å². The highest BCUT2D eigenvalue weighted by Gasteiger charge is 2.45. The van der Waals surface area contributed by atoms with E-state index in [0.29, 0.717) is 36.6 Å². The van der Waals surface area contributed by atoms with E-state index in [-0.39, 0.29) is 18.0 Å². The predicted octanol–water partition coefficient (Wildman–Crippen LogP) is 1.82. The van der Waals surface area contributed by atoms with E-state index in [4.69, 9.17) is 0 Å². The van der Waals surface area contributed by atoms with Gasteiger partial charge in [-0.25, -0.2) is 4.79 Å². The molecule has 4 fully saturated rings. The summed E-state index contributed by atoms with van der Waals surface area (Å²) in [6.07, 6.45) is 7.06. The first-order chi connectivity index (χ1) is 13.5. The Labute approximate surface area is 167 Å². The maximum Gasteiger partial charge on any atom is 0.320 e. The van der Waals surface area contributed by atoms with Gasteiger partial charge in [0.2, 0.25) is 11.8 Å². The molecule has 156 valence electrons. The largest absolute Gasteiger partial charge is 0.353 e. The third-order valence-corrected chi connectivity index (χ3v) is 7.06. The summed E-state index contributed by atoms with van der Waals surface area (Å²) >= 11 is 0. The van der Waals surface area contributed by atoms with E-state index in [9.17, 15) is 14.4 Å². The lowest BCUT2D eigenvalue weighted by Gasteiger charge is -2.53. The molecular weight excluding hydrogens is 356 g/mol. The van der Waals surface area contributed by atoms with Crippen molar-refractivity contribution in [1.82, 2.24) is 20.0 Å². The highest BCUT2D eigenvalue weighted by Crippen LogP contribution is 2.38. The van der Waals surface area contributed by atoms with Crippen LogP contribution in [0.4, 0.5) is 4.79 Å². The van der Waals surface area contributed by atoms with Crippen molar-refractivity contribution < 1.29 is 14.4 Å². The lowest BCUT2D eigenvalue weighted by Crippen LogP contribution is -2.62. The first-order valence-electron chi connectivity index (χ1n) is 11.2. The molecule has 7 heteroatoms. The first kappa shape index (κ1) is 19.5. The summed E-state index contributed by atoms with van der Waals surface area (Å²) in [5.41, 5.74) is 0. The summed E-state index contributed by atoms with van der Waals surface area (Å²) < 4.78 is 0. The zero-order valence-corrected chi connectivity index (χ0v) is 17.1. The molecule has 4 aliphatic heterocycles. The number of nitrogens with one attached hydrogen (secondary N) is 1. The van der Waals surface area contributed by atoms with Gasteiger partial charge in [0, 0.05) is 57.6 Å². The second kappa shape index (κ2) is 8.29. The van der Waals surface area contributed by atoms with Crippen molar-refractivity contribution >= 4 is 17.8 Å². The van der Waals surface area contributed by atoms with Crippen molar-refractivity contribution in [3.63, 3.8) is 0 Å². The minimum Gasteiger partial charge on any atom is -0.353 e. The zero-order chi connectivity index (χ0) is 19.7. The highest BCUT2D eigenvalue weighted by atomic mass is 16.2. The number of urea groups is 1. The van der Waals surface area contributed by atoms with Crippen LogP contribution in [0.5, 0.6) is 0 Å². The molecule has 4 heterocycles. The quantitative estimate of drug-likeness (QED) is 0.799. The Kier molecular flexibility index (Phi) is 5.78. The van der Waals surface area contributed by atoms with E-state index in [0.717, 1.165) is 71.2 Å². The van der Waals surface area contributed by atoms with E-state index in [1.165, 1.54) is 0 Å². The van der Waals surface area contributed by atoms with Crippen LogP contribution in [0.15, 0.2) is 0 Å². The average molecular weight is 391 g/mol. The van der Waals surface area contributed by atoms with Gasteiger partial charge in [0.25, 0.3) is 0 Å². The lowest BCUT2D eigenvalue weighted by atomic mass is 9.76. The van der Waals surface area contributed by atoms with Crippen LogP contribution in [0.2, 0.25) is 0 Å². The highest BCUT2D eigenvalue weighted by molar-refractivity contribution is 5.78. The van der Waals surface area contributed by atoms with Crippen LogP contribution in [-0.2, 0) is 9.59 Å². The molecule has 7 nitrogen and oxygen atoms in total. The monoisotopic (exact) mass is 390 g/mol. The molecule has 3 atom stereocenters. The van der Waals surface area contributed by atoms with Gasteiger partial charge in [-0.3, -0.25) is 9.59 Å². The molecule has 0 aromatic rings. The Morgan fingerprint density at radius 2 is 1.86 bits per heavy atom. The number of hydrogen-bond donors (Lipinski definition) is 1. The molecule has 0 aromatic heterocycles. The first-order valence-corrected chi connectivity index (χ1v) is 11.2. The molecule has 1 N–H and O–H groups in total. The van der Waals surface area contributed by atoms with Gasteiger partial charge in [0.1, 0.15) is 0 Å². The molecule has 0 saturated carbocycles. The topological polar surface area (TPSA) is 73.0 Å². The molecule has 0 radical (unpaired) electrons. The summed E-state index contributed by atoms with van der Waals surface area (Å²) in [5.74, 6) is 1.30. The normalized spacial score (nSPS) is 30.8. The molecule has 4 saturated heterocycles. The van der Waals surface area contributed by atoms with E-state index >= 15 is 0 Å². The predicted molar refractivity (Wildman–Crippen MR) is 106 cm³/mol. The second-order valence-corrected chi connectivity index (χ2v) is 9.13. The number of fused-ring (bicyclic) bond motifs is 4. The molecule has 2 bridgehead atoms. The van der Waals surface area contributed by atoms with E-state index in [1.807, 2.05) is 16.7 Å². The summed E-state index contributed by atoms with van der Waals surface area (Å²) in [5, 5.41) is 3.10. The van der Waals surface area contributed by atoms with E-state index < -0.39 is 0 Å². The Balaban J connectivity index is 1.30. The Morgan fingerprint density at radius 1 is 1.07 bits per heavy atom. The molecule has 4 aliphatic rings. The number of amides is 4. The smallest absolute Gasteiger partial charge is 0.320 e. The van der Waals surface area contributed by atoms with Gasteiger partial charge in [-0.05, 0) is 50.4 Å². The Bertz CT molecular complexity index is 617. The fraction of sp³-hybridized carbons (Fsp3) is 0.857. The maximum absolute atomic E-state index is 13.1. The maximum atomic E-state index is 13.1. The summed E-state index contributed by atoms with van der Waals surface area (Å²) in [6, 6.07) is 0.696. The molecule has 4 amide bonds. The zero-order valence-electron chi connectivity index (χ0n) is 17.1. The minimum atomic E-state index is 0.128. The fourth-order valence-electron chi connectivity index (χ4n) is 5.71. The van der Waals surface area contributed by atoms with Crippen molar-refractivity contribution in [3.8, 4) is 0 Å². The van der Waals surface area contributed by atoms with Gasteiger partial charge in [-0.15, -0.1) is 0 Å². The third kappa shape index (κ3) is 3.98. The minimum absolute atomic E-state index is 0.128. The van der Waals surface area contributed by atoms with Crippen LogP contribution in [-0.4, -0.2) is 77.4 Å². The van der Waals surface area contributed by atoms with Gasteiger partial charge >= 0.3 is 6.03 Å². The lowest BCUT2D eigenvalue weighted by molar-refractivity contribution is -0.144. The SMILES string of the molecule is CCCC(=O)NC1CCN(C(=O)N2C[C@H]3C[C@H](C2)[C@H]2CCCC(=O)N2C3)CC1. The molecule has 0 aliphatic carbocycles. The van der Waals surface area contributed by atoms with Crippen LogP contribution in [0.3, 0.4) is 0 Å². The number of carbonyl (C=O) groups is 3. The Morgan fingerprint density at radius 3 is 2.61 bits per heavy atom. The summed E-state index contributed by atoms with van der Waals surface area (Å²) in [4.78, 5) is 43.3. The van der Waals surface area contributed by atoms with Gasteiger partial charge in [0.05, 0.1) is 0 Å². The van der Waals surface area contributed by atoms with E-state index in [2.05, 4.69) is 10.2 Å². The average Bonchev–Trinajstić information content (AvgIpc) is 2.69. The van der Waals surface area contributed by atoms with Crippen LogP contribution in [0.1, 0.15) is 58.3 Å². The molecule has 4 rings (SSSR count). The molecule has 0 spiro atoms. The van der Waals surface area contributed by atoms with Gasteiger partial charge in [-0.2, -0.15) is 0 Å². The number of likely N-dealkylation sites (tertiary alicyclic amines) is 2. The third-order valence-electron chi connectivity index (χ3n) is 7.06. The van der Waals surface area contributed by atoms with Crippen molar-refractivity contribution in [2.24, 2.45) is 11.8 Å². The van der Waals surface area contributed by atoms with Crippen LogP contribution >= 0.6 is 0 Å². The van der Waals surface area contributed by atoms with Crippen molar-refractivity contribution in [1.29, 1.82) is 0 Å². The van der Waals surface area contributed by atoms with E-state index in [1.54, 1.807) is 0 Å². The van der Waals surface area contributed by atoms with Gasteiger partial charge in [0.15, 0.2) is 0 Å². The number of carbonyl (C=O) groups excluding carboxylic acids is 3. The number of rotatable bonds is 3. The number of nitrogens with zero attached hydrogens (tertiary/aromatic N) is 3. The fourth-order valence-corrected chi connectivity index (χ4v) is 5.71. The standard InChI is InChI=1S/C21H34N4O3/c1-2-4-19(26)22-17-7-9-23(10-8-17)21(28)24-12-15-11-16(14-24)18-5-3-6-20(27)25(18)13-15/h15-18H,2-14H2,1H3,(H,22,26)/t15-,16-,18-/m1/s1. The van der Waals surface area contributed by atoms with Crippen LogP contribution in [0, 0.1) is 11.8 Å². The molecule has 28 heavy (non-hydrogen) atoms. The van der Waals surface area contributed by atoms with Gasteiger partial charge < -0.3 is 20.0 Å². The Hall–Kier alpha value is -1.79. The number of piperidine rings is 4. The van der Waals surface area contributed by atoms with Crippen LogP contribution < -0.4 is 5.32 Å². The van der Waals surface area contributed by atoms with Crippen molar-refractivity contribution in [2.45, 2.75) is 70.4 Å². The van der Waals surface area contributed by atoms with Gasteiger partial charge in [-0.1, -0.05) is 6.92 Å². The second-order valence-electron chi connectivity index (χ2n) is 9.13. The molecular formula is C21H34N4O3.